The normalized spacial score (nSPS) is 20.7. The number of nitrogens with one attached hydrogen (secondary N) is 1. The first-order chi connectivity index (χ1) is 15.7. The summed E-state index contributed by atoms with van der Waals surface area (Å²) in [6.07, 6.45) is 0. The minimum atomic E-state index is -1.19. The molecular weight excluding hydrogens is 422 g/mol. The Balaban J connectivity index is 1.37. The molecular formula is C24H27N5O4. The number of rotatable bonds is 5. The van der Waals surface area contributed by atoms with E-state index in [0.29, 0.717) is 37.3 Å². The van der Waals surface area contributed by atoms with Crippen molar-refractivity contribution in [3.8, 4) is 0 Å². The summed E-state index contributed by atoms with van der Waals surface area (Å²) in [5.41, 5.74) is 7.20. The number of hydrogen-bond acceptors (Lipinski definition) is 5. The van der Waals surface area contributed by atoms with E-state index in [1.807, 2.05) is 43.3 Å². The molecule has 1 unspecified atom stereocenters. The average Bonchev–Trinajstić information content (AvgIpc) is 3.03. The van der Waals surface area contributed by atoms with Gasteiger partial charge in [-0.15, -0.1) is 0 Å². The van der Waals surface area contributed by atoms with Crippen LogP contribution < -0.4 is 16.0 Å². The molecule has 0 saturated carbocycles. The van der Waals surface area contributed by atoms with E-state index < -0.39 is 23.4 Å². The Morgan fingerprint density at radius 1 is 0.970 bits per heavy atom. The molecule has 172 valence electrons. The largest absolute Gasteiger partial charge is 0.368 e. The number of piperazine rings is 1. The van der Waals surface area contributed by atoms with Gasteiger partial charge in [0.05, 0.1) is 0 Å². The van der Waals surface area contributed by atoms with Crippen LogP contribution in [0.5, 0.6) is 0 Å². The number of carbonyl (C=O) groups excluding carboxylic acids is 4. The van der Waals surface area contributed by atoms with Crippen LogP contribution >= 0.6 is 0 Å². The molecule has 0 aromatic heterocycles. The maximum atomic E-state index is 13.1. The van der Waals surface area contributed by atoms with E-state index >= 15 is 0 Å². The number of nitrogens with zero attached hydrogens (tertiary/aromatic N) is 3. The van der Waals surface area contributed by atoms with Crippen LogP contribution in [0.15, 0.2) is 48.5 Å². The predicted octanol–water partition coefficient (Wildman–Crippen LogP) is 1.21. The Morgan fingerprint density at radius 3 is 2.15 bits per heavy atom. The van der Waals surface area contributed by atoms with Gasteiger partial charge in [-0.1, -0.05) is 29.8 Å². The van der Waals surface area contributed by atoms with Crippen molar-refractivity contribution < 1.29 is 19.2 Å². The molecule has 2 aromatic carbocycles. The number of nitrogens with two attached hydrogens (primary N) is 1. The van der Waals surface area contributed by atoms with Crippen LogP contribution in [0, 0.1) is 6.92 Å². The summed E-state index contributed by atoms with van der Waals surface area (Å²) >= 11 is 0. The summed E-state index contributed by atoms with van der Waals surface area (Å²) in [4.78, 5) is 54.5. The number of urea groups is 1. The zero-order valence-corrected chi connectivity index (χ0v) is 18.7. The van der Waals surface area contributed by atoms with Crippen LogP contribution in [-0.2, 0) is 15.1 Å². The van der Waals surface area contributed by atoms with Gasteiger partial charge in [0.2, 0.25) is 11.8 Å². The zero-order chi connectivity index (χ0) is 23.8. The van der Waals surface area contributed by atoms with E-state index in [9.17, 15) is 19.2 Å². The van der Waals surface area contributed by atoms with Gasteiger partial charge < -0.3 is 20.9 Å². The highest BCUT2D eigenvalue weighted by Gasteiger charge is 2.49. The molecule has 1 atom stereocenters. The first-order valence-corrected chi connectivity index (χ1v) is 10.8. The zero-order valence-electron chi connectivity index (χ0n) is 18.7. The van der Waals surface area contributed by atoms with Crippen molar-refractivity contribution in [1.29, 1.82) is 0 Å². The lowest BCUT2D eigenvalue weighted by Crippen LogP contribution is -2.52. The first-order valence-electron chi connectivity index (χ1n) is 10.8. The Hall–Kier alpha value is -3.88. The summed E-state index contributed by atoms with van der Waals surface area (Å²) in [6, 6.07) is 13.8. The highest BCUT2D eigenvalue weighted by atomic mass is 16.2. The lowest BCUT2D eigenvalue weighted by atomic mass is 9.91. The number of anilines is 1. The summed E-state index contributed by atoms with van der Waals surface area (Å²) in [5.74, 6) is -1.18. The Labute approximate surface area is 192 Å². The van der Waals surface area contributed by atoms with Crippen LogP contribution in [0.3, 0.4) is 0 Å². The Bertz CT molecular complexity index is 1090. The van der Waals surface area contributed by atoms with Crippen molar-refractivity contribution in [2.45, 2.75) is 19.4 Å². The summed E-state index contributed by atoms with van der Waals surface area (Å²) in [7, 11) is 0. The van der Waals surface area contributed by atoms with Crippen LogP contribution in [0.1, 0.15) is 28.4 Å². The molecule has 2 aromatic rings. The Morgan fingerprint density at radius 2 is 1.58 bits per heavy atom. The summed E-state index contributed by atoms with van der Waals surface area (Å²) in [6.45, 7) is 5.45. The molecule has 0 aliphatic carbocycles. The highest BCUT2D eigenvalue weighted by Crippen LogP contribution is 2.29. The second-order valence-corrected chi connectivity index (χ2v) is 8.59. The molecule has 3 N–H and O–H groups in total. The fraction of sp³-hybridized carbons (Fsp3) is 0.333. The first kappa shape index (κ1) is 22.3. The van der Waals surface area contributed by atoms with Gasteiger partial charge in [0.15, 0.2) is 0 Å². The molecule has 2 saturated heterocycles. The second kappa shape index (κ2) is 8.57. The summed E-state index contributed by atoms with van der Waals surface area (Å²) in [5, 5.41) is 2.74. The molecule has 9 nitrogen and oxygen atoms in total. The third-order valence-corrected chi connectivity index (χ3v) is 6.35. The fourth-order valence-corrected chi connectivity index (χ4v) is 4.21. The van der Waals surface area contributed by atoms with Crippen LogP contribution in [0.25, 0.3) is 0 Å². The van der Waals surface area contributed by atoms with Gasteiger partial charge in [-0.3, -0.25) is 19.3 Å². The number of benzene rings is 2. The van der Waals surface area contributed by atoms with Gasteiger partial charge in [0.25, 0.3) is 5.91 Å². The molecule has 0 bridgehead atoms. The summed E-state index contributed by atoms with van der Waals surface area (Å²) < 4.78 is 0. The number of carbonyl (C=O) groups is 4. The van der Waals surface area contributed by atoms with Gasteiger partial charge in [0, 0.05) is 37.4 Å². The van der Waals surface area contributed by atoms with Gasteiger partial charge in [-0.25, -0.2) is 4.79 Å². The lowest BCUT2D eigenvalue weighted by Gasteiger charge is -2.36. The van der Waals surface area contributed by atoms with Crippen molar-refractivity contribution in [1.82, 2.24) is 15.1 Å². The van der Waals surface area contributed by atoms with Crippen molar-refractivity contribution in [3.63, 3.8) is 0 Å². The van der Waals surface area contributed by atoms with Gasteiger partial charge in [0.1, 0.15) is 12.1 Å². The smallest absolute Gasteiger partial charge is 0.325 e. The molecule has 2 fully saturated rings. The van der Waals surface area contributed by atoms with Crippen LogP contribution in [0.4, 0.5) is 10.5 Å². The highest BCUT2D eigenvalue weighted by molar-refractivity contribution is 6.09. The topological polar surface area (TPSA) is 116 Å². The van der Waals surface area contributed by atoms with E-state index in [-0.39, 0.29) is 12.5 Å². The van der Waals surface area contributed by atoms with Crippen molar-refractivity contribution in [3.05, 3.63) is 65.2 Å². The number of amides is 5. The lowest BCUT2D eigenvalue weighted by molar-refractivity contribution is -0.139. The number of primary amides is 1. The fourth-order valence-electron chi connectivity index (χ4n) is 4.21. The SMILES string of the molecule is Cc1ccc(C2(C)NC(=O)N(CC(=O)N3CCN(c4ccc(C(N)=O)cc4)CC3)C2=O)cc1. The maximum Gasteiger partial charge on any atom is 0.325 e. The van der Waals surface area contributed by atoms with E-state index in [0.717, 1.165) is 16.2 Å². The standard InChI is InChI=1S/C24H27N5O4/c1-16-3-7-18(8-4-16)24(2)22(32)29(23(33)26-24)15-20(30)28-13-11-27(12-14-28)19-9-5-17(6-10-19)21(25)31/h3-10H,11-15H2,1-2H3,(H2,25,31)(H,26,33). The quantitative estimate of drug-likeness (QED) is 0.666. The van der Waals surface area contributed by atoms with Crippen molar-refractivity contribution >= 4 is 29.4 Å². The molecule has 0 radical (unpaired) electrons. The molecule has 2 aliphatic heterocycles. The van der Waals surface area contributed by atoms with E-state index in [1.165, 1.54) is 0 Å². The minimum absolute atomic E-state index is 0.268. The van der Waals surface area contributed by atoms with E-state index in [2.05, 4.69) is 10.2 Å². The average molecular weight is 450 g/mol. The molecule has 33 heavy (non-hydrogen) atoms. The minimum Gasteiger partial charge on any atom is -0.368 e. The molecule has 2 heterocycles. The maximum absolute atomic E-state index is 13.1. The third-order valence-electron chi connectivity index (χ3n) is 6.35. The molecule has 9 heteroatoms. The van der Waals surface area contributed by atoms with E-state index in [1.54, 1.807) is 24.0 Å². The molecule has 2 aliphatic rings. The molecule has 4 rings (SSSR count). The van der Waals surface area contributed by atoms with Crippen LogP contribution in [-0.4, -0.2) is 66.3 Å². The number of hydrogen-bond donors (Lipinski definition) is 2. The van der Waals surface area contributed by atoms with Gasteiger partial charge in [-0.05, 0) is 43.7 Å². The van der Waals surface area contributed by atoms with Gasteiger partial charge in [-0.2, -0.15) is 0 Å². The second-order valence-electron chi connectivity index (χ2n) is 8.59. The Kier molecular flexibility index (Phi) is 5.80. The van der Waals surface area contributed by atoms with Crippen molar-refractivity contribution in [2.75, 3.05) is 37.6 Å². The van der Waals surface area contributed by atoms with Crippen LogP contribution in [0.2, 0.25) is 0 Å². The van der Waals surface area contributed by atoms with Crippen molar-refractivity contribution in [2.24, 2.45) is 5.73 Å². The molecule has 5 amide bonds. The third kappa shape index (κ3) is 4.26. The molecule has 0 spiro atoms. The van der Waals surface area contributed by atoms with Gasteiger partial charge >= 0.3 is 6.03 Å². The monoisotopic (exact) mass is 449 g/mol. The van der Waals surface area contributed by atoms with E-state index in [4.69, 9.17) is 5.73 Å². The number of imide groups is 1. The predicted molar refractivity (Wildman–Crippen MR) is 123 cm³/mol. The number of aryl methyl sites for hydroxylation is 1.